The second-order valence-corrected chi connectivity index (χ2v) is 5.07. The summed E-state index contributed by atoms with van der Waals surface area (Å²) in [5.74, 6) is -1.21. The molecule has 1 aliphatic heterocycles. The Labute approximate surface area is 112 Å². The van der Waals surface area contributed by atoms with Crippen LogP contribution < -0.4 is 10.6 Å². The van der Waals surface area contributed by atoms with Gasteiger partial charge in [-0.1, -0.05) is 13.8 Å². The van der Waals surface area contributed by atoms with Crippen LogP contribution in [0.15, 0.2) is 0 Å². The molecular weight excluding hydrogens is 250 g/mol. The molecule has 7 heteroatoms. The molecule has 7 nitrogen and oxygen atoms in total. The molecule has 108 valence electrons. The number of hydrogen-bond donors (Lipinski definition) is 3. The van der Waals surface area contributed by atoms with Gasteiger partial charge in [-0.3, -0.25) is 19.3 Å². The summed E-state index contributed by atoms with van der Waals surface area (Å²) in [5.41, 5.74) is 0. The minimum Gasteiger partial charge on any atom is -0.481 e. The number of nitrogens with one attached hydrogen (secondary N) is 2. The largest absolute Gasteiger partial charge is 0.481 e. The van der Waals surface area contributed by atoms with Crippen LogP contribution in [0.1, 0.15) is 20.3 Å². The van der Waals surface area contributed by atoms with Gasteiger partial charge in [0.25, 0.3) is 0 Å². The zero-order chi connectivity index (χ0) is 14.4. The van der Waals surface area contributed by atoms with Crippen molar-refractivity contribution in [1.82, 2.24) is 15.5 Å². The van der Waals surface area contributed by atoms with E-state index in [1.807, 2.05) is 13.8 Å². The van der Waals surface area contributed by atoms with Gasteiger partial charge < -0.3 is 15.7 Å². The fourth-order valence-electron chi connectivity index (χ4n) is 1.90. The van der Waals surface area contributed by atoms with Crippen LogP contribution in [0.5, 0.6) is 0 Å². The molecule has 1 atom stereocenters. The van der Waals surface area contributed by atoms with Crippen molar-refractivity contribution in [3.05, 3.63) is 0 Å². The number of carboxylic acids is 1. The normalized spacial score (nSPS) is 20.2. The zero-order valence-electron chi connectivity index (χ0n) is 11.3. The highest BCUT2D eigenvalue weighted by molar-refractivity contribution is 5.87. The molecule has 0 aliphatic carbocycles. The molecule has 1 unspecified atom stereocenters. The van der Waals surface area contributed by atoms with Crippen molar-refractivity contribution in [1.29, 1.82) is 0 Å². The highest BCUT2D eigenvalue weighted by Crippen LogP contribution is 2.08. The maximum atomic E-state index is 11.7. The van der Waals surface area contributed by atoms with Gasteiger partial charge in [-0.15, -0.1) is 0 Å². The fourth-order valence-corrected chi connectivity index (χ4v) is 1.90. The first-order valence-electron chi connectivity index (χ1n) is 6.40. The molecule has 1 fully saturated rings. The maximum absolute atomic E-state index is 11.7. The first kappa shape index (κ1) is 15.4. The van der Waals surface area contributed by atoms with Gasteiger partial charge in [0, 0.05) is 19.6 Å². The lowest BCUT2D eigenvalue weighted by molar-refractivity contribution is -0.144. The number of rotatable bonds is 6. The van der Waals surface area contributed by atoms with Gasteiger partial charge in [0.1, 0.15) is 6.04 Å². The second kappa shape index (κ2) is 7.08. The molecule has 0 bridgehead atoms. The van der Waals surface area contributed by atoms with Gasteiger partial charge in [-0.05, 0) is 5.92 Å². The molecule has 0 saturated carbocycles. The highest BCUT2D eigenvalue weighted by Gasteiger charge is 2.32. The van der Waals surface area contributed by atoms with Crippen LogP contribution in [0.25, 0.3) is 0 Å². The molecule has 1 saturated heterocycles. The van der Waals surface area contributed by atoms with Crippen molar-refractivity contribution in [3.8, 4) is 0 Å². The van der Waals surface area contributed by atoms with E-state index in [2.05, 4.69) is 10.6 Å². The summed E-state index contributed by atoms with van der Waals surface area (Å²) in [6, 6.07) is -0.768. The Bertz CT molecular complexity index is 357. The predicted molar refractivity (Wildman–Crippen MR) is 68.5 cm³/mol. The van der Waals surface area contributed by atoms with Gasteiger partial charge in [0.2, 0.25) is 11.8 Å². The van der Waals surface area contributed by atoms with Crippen molar-refractivity contribution in [3.63, 3.8) is 0 Å². The van der Waals surface area contributed by atoms with Crippen molar-refractivity contribution in [2.45, 2.75) is 26.3 Å². The standard InChI is InChI=1S/C12H21N3O4/c1-8(2)6-14-10(16)7-15-4-3-13-12(19)9(15)5-11(17)18/h8-9H,3-7H2,1-2H3,(H,13,19)(H,14,16)(H,17,18). The fraction of sp³-hybridized carbons (Fsp3) is 0.750. The monoisotopic (exact) mass is 271 g/mol. The Kier molecular flexibility index (Phi) is 5.75. The van der Waals surface area contributed by atoms with Gasteiger partial charge in [0.05, 0.1) is 13.0 Å². The number of piperazine rings is 1. The lowest BCUT2D eigenvalue weighted by atomic mass is 10.1. The number of aliphatic carboxylic acids is 1. The third kappa shape index (κ3) is 5.25. The number of nitrogens with zero attached hydrogens (tertiary/aromatic N) is 1. The molecule has 1 rings (SSSR count). The Balaban J connectivity index is 2.54. The third-order valence-electron chi connectivity index (χ3n) is 2.86. The van der Waals surface area contributed by atoms with Gasteiger partial charge in [-0.2, -0.15) is 0 Å². The van der Waals surface area contributed by atoms with Crippen LogP contribution in [-0.4, -0.2) is 60.0 Å². The molecule has 0 spiro atoms. The van der Waals surface area contributed by atoms with Gasteiger partial charge in [0.15, 0.2) is 0 Å². The van der Waals surface area contributed by atoms with Gasteiger partial charge in [-0.25, -0.2) is 0 Å². The predicted octanol–water partition coefficient (Wildman–Crippen LogP) is -0.966. The first-order chi connectivity index (χ1) is 8.90. The van der Waals surface area contributed by atoms with E-state index in [9.17, 15) is 14.4 Å². The molecule has 0 aromatic carbocycles. The molecule has 0 aromatic rings. The van der Waals surface area contributed by atoms with Crippen LogP contribution in [0.3, 0.4) is 0 Å². The molecule has 0 aromatic heterocycles. The summed E-state index contributed by atoms with van der Waals surface area (Å²) in [5, 5.41) is 14.2. The van der Waals surface area contributed by atoms with E-state index in [0.717, 1.165) is 0 Å². The van der Waals surface area contributed by atoms with Crippen molar-refractivity contribution in [2.24, 2.45) is 5.92 Å². The van der Waals surface area contributed by atoms with E-state index >= 15 is 0 Å². The van der Waals surface area contributed by atoms with E-state index in [1.54, 1.807) is 4.90 Å². The molecule has 1 heterocycles. The molecule has 2 amide bonds. The number of carbonyl (C=O) groups excluding carboxylic acids is 2. The minimum atomic E-state index is -1.05. The summed E-state index contributed by atoms with van der Waals surface area (Å²) in [6.07, 6.45) is -0.288. The van der Waals surface area contributed by atoms with E-state index < -0.39 is 12.0 Å². The van der Waals surface area contributed by atoms with Crippen LogP contribution in [-0.2, 0) is 14.4 Å². The smallest absolute Gasteiger partial charge is 0.305 e. The minimum absolute atomic E-state index is 0.0537. The summed E-state index contributed by atoms with van der Waals surface area (Å²) in [6.45, 7) is 5.52. The number of hydrogen-bond acceptors (Lipinski definition) is 4. The second-order valence-electron chi connectivity index (χ2n) is 5.07. The molecule has 1 aliphatic rings. The Hall–Kier alpha value is -1.63. The quantitative estimate of drug-likeness (QED) is 0.577. The maximum Gasteiger partial charge on any atom is 0.305 e. The molecule has 19 heavy (non-hydrogen) atoms. The first-order valence-corrected chi connectivity index (χ1v) is 6.40. The number of carbonyl (C=O) groups is 3. The van der Waals surface area contributed by atoms with E-state index in [1.165, 1.54) is 0 Å². The lowest BCUT2D eigenvalue weighted by Crippen LogP contribution is -2.58. The van der Waals surface area contributed by atoms with Crippen molar-refractivity contribution < 1.29 is 19.5 Å². The average Bonchev–Trinajstić information content (AvgIpc) is 2.30. The Morgan fingerprint density at radius 3 is 2.79 bits per heavy atom. The van der Waals surface area contributed by atoms with E-state index in [0.29, 0.717) is 25.6 Å². The van der Waals surface area contributed by atoms with Crippen molar-refractivity contribution >= 4 is 17.8 Å². The topological polar surface area (TPSA) is 98.7 Å². The van der Waals surface area contributed by atoms with Crippen LogP contribution in [0.4, 0.5) is 0 Å². The average molecular weight is 271 g/mol. The van der Waals surface area contributed by atoms with E-state index in [-0.39, 0.29) is 24.8 Å². The highest BCUT2D eigenvalue weighted by atomic mass is 16.4. The summed E-state index contributed by atoms with van der Waals surface area (Å²) >= 11 is 0. The number of amides is 2. The summed E-state index contributed by atoms with van der Waals surface area (Å²) < 4.78 is 0. The Morgan fingerprint density at radius 2 is 2.21 bits per heavy atom. The Morgan fingerprint density at radius 1 is 1.53 bits per heavy atom. The van der Waals surface area contributed by atoms with Crippen LogP contribution >= 0.6 is 0 Å². The summed E-state index contributed by atoms with van der Waals surface area (Å²) in [4.78, 5) is 35.7. The number of carboxylic acid groups (broad SMARTS) is 1. The van der Waals surface area contributed by atoms with E-state index in [4.69, 9.17) is 5.11 Å². The van der Waals surface area contributed by atoms with Crippen LogP contribution in [0, 0.1) is 5.92 Å². The summed E-state index contributed by atoms with van der Waals surface area (Å²) in [7, 11) is 0. The lowest BCUT2D eigenvalue weighted by Gasteiger charge is -2.33. The third-order valence-corrected chi connectivity index (χ3v) is 2.86. The van der Waals surface area contributed by atoms with Gasteiger partial charge >= 0.3 is 5.97 Å². The SMILES string of the molecule is CC(C)CNC(=O)CN1CCNC(=O)C1CC(=O)O. The molecule has 3 N–H and O–H groups in total. The zero-order valence-corrected chi connectivity index (χ0v) is 11.3. The van der Waals surface area contributed by atoms with Crippen LogP contribution in [0.2, 0.25) is 0 Å². The van der Waals surface area contributed by atoms with Crippen molar-refractivity contribution in [2.75, 3.05) is 26.2 Å². The molecular formula is C12H21N3O4. The molecule has 0 radical (unpaired) electrons.